The van der Waals surface area contributed by atoms with Gasteiger partial charge in [0.25, 0.3) is 11.1 Å². The Morgan fingerprint density at radius 1 is 1.38 bits per heavy atom. The number of carbonyl (C=O) groups is 3. The van der Waals surface area contributed by atoms with Crippen LogP contribution in [0.3, 0.4) is 0 Å². The molecule has 0 spiro atoms. The van der Waals surface area contributed by atoms with Crippen molar-refractivity contribution in [2.45, 2.75) is 19.8 Å². The third-order valence-corrected chi connectivity index (χ3v) is 4.33. The minimum atomic E-state index is -0.389. The first kappa shape index (κ1) is 16.3. The van der Waals surface area contributed by atoms with Crippen LogP contribution < -0.4 is 5.32 Å². The largest absolute Gasteiger partial charge is 0.466 e. The molecule has 7 heteroatoms. The van der Waals surface area contributed by atoms with E-state index in [-0.39, 0.29) is 23.5 Å². The number of hydrogen-bond donors (Lipinski definition) is 1. The lowest BCUT2D eigenvalue weighted by Gasteiger charge is -2.01. The fourth-order valence-electron chi connectivity index (χ4n) is 2.43. The summed E-state index contributed by atoms with van der Waals surface area (Å²) in [5, 5.41) is 2.73. The molecule has 6 nitrogen and oxygen atoms in total. The van der Waals surface area contributed by atoms with Gasteiger partial charge in [0.1, 0.15) is 5.58 Å². The number of fused-ring (bicyclic) bond motifs is 1. The number of imide groups is 1. The minimum absolute atomic E-state index is 0.248. The van der Waals surface area contributed by atoms with Crippen LogP contribution in [-0.2, 0) is 20.7 Å². The lowest BCUT2D eigenvalue weighted by molar-refractivity contribution is -0.143. The smallest absolute Gasteiger partial charge is 0.306 e. The summed E-state index contributed by atoms with van der Waals surface area (Å²) in [6.45, 7) is 2.13. The first-order valence-electron chi connectivity index (χ1n) is 7.47. The Morgan fingerprint density at radius 3 is 2.92 bits per heavy atom. The standard InChI is InChI=1S/C17H15NO5S/c1-2-22-15(19)6-4-11-9-23-13-5-3-10(7-12(11)13)8-14-16(20)18-17(21)24-14/h3,5,7-9H,2,4,6H2,1H3,(H,18,20,21). The Labute approximate surface area is 142 Å². The van der Waals surface area contributed by atoms with Crippen molar-refractivity contribution in [1.82, 2.24) is 5.32 Å². The first-order valence-corrected chi connectivity index (χ1v) is 8.29. The van der Waals surface area contributed by atoms with Gasteiger partial charge < -0.3 is 9.15 Å². The highest BCUT2D eigenvalue weighted by Crippen LogP contribution is 2.28. The van der Waals surface area contributed by atoms with Crippen LogP contribution in [0.1, 0.15) is 24.5 Å². The molecule has 0 aliphatic carbocycles. The summed E-state index contributed by atoms with van der Waals surface area (Å²) in [6.07, 6.45) is 4.08. The van der Waals surface area contributed by atoms with E-state index in [1.54, 1.807) is 25.3 Å². The van der Waals surface area contributed by atoms with Crippen LogP contribution in [-0.4, -0.2) is 23.7 Å². The molecule has 0 unspecified atom stereocenters. The second-order valence-corrected chi connectivity index (χ2v) is 6.19. The van der Waals surface area contributed by atoms with Gasteiger partial charge in [0.05, 0.1) is 17.8 Å². The zero-order valence-electron chi connectivity index (χ0n) is 13.0. The van der Waals surface area contributed by atoms with E-state index >= 15 is 0 Å². The van der Waals surface area contributed by atoms with E-state index in [1.807, 2.05) is 12.1 Å². The Balaban J connectivity index is 1.83. The van der Waals surface area contributed by atoms with Crippen molar-refractivity contribution in [1.29, 1.82) is 0 Å². The Bertz CT molecular complexity index is 852. The number of nitrogens with one attached hydrogen (secondary N) is 1. The van der Waals surface area contributed by atoms with Gasteiger partial charge in [0.2, 0.25) is 0 Å². The third kappa shape index (κ3) is 3.51. The predicted molar refractivity (Wildman–Crippen MR) is 90.3 cm³/mol. The van der Waals surface area contributed by atoms with Gasteiger partial charge in [-0.15, -0.1) is 0 Å². The Kier molecular flexibility index (Phi) is 4.71. The first-order chi connectivity index (χ1) is 11.6. The number of thioether (sulfide) groups is 1. The summed E-state index contributed by atoms with van der Waals surface area (Å²) in [7, 11) is 0. The van der Waals surface area contributed by atoms with Crippen LogP contribution in [0.5, 0.6) is 0 Å². The third-order valence-electron chi connectivity index (χ3n) is 3.52. The Morgan fingerprint density at radius 2 is 2.21 bits per heavy atom. The topological polar surface area (TPSA) is 85.6 Å². The number of furan rings is 1. The summed E-state index contributed by atoms with van der Waals surface area (Å²) in [5.41, 5.74) is 2.39. The second kappa shape index (κ2) is 6.92. The van der Waals surface area contributed by atoms with Gasteiger partial charge in [-0.25, -0.2) is 0 Å². The van der Waals surface area contributed by atoms with Crippen molar-refractivity contribution in [3.8, 4) is 0 Å². The Hall–Kier alpha value is -2.54. The number of rotatable bonds is 5. The average Bonchev–Trinajstić information content (AvgIpc) is 3.08. The zero-order valence-corrected chi connectivity index (χ0v) is 13.8. The molecule has 124 valence electrons. The van der Waals surface area contributed by atoms with Crippen LogP contribution in [0.15, 0.2) is 33.8 Å². The average molecular weight is 345 g/mol. The molecular weight excluding hydrogens is 330 g/mol. The van der Waals surface area contributed by atoms with E-state index in [2.05, 4.69) is 5.32 Å². The van der Waals surface area contributed by atoms with Crippen LogP contribution in [0, 0.1) is 0 Å². The molecular formula is C17H15NO5S. The van der Waals surface area contributed by atoms with E-state index < -0.39 is 0 Å². The summed E-state index contributed by atoms with van der Waals surface area (Å²) >= 11 is 0.877. The van der Waals surface area contributed by atoms with Gasteiger partial charge in [-0.1, -0.05) is 6.07 Å². The quantitative estimate of drug-likeness (QED) is 0.661. The van der Waals surface area contributed by atoms with Gasteiger partial charge in [0.15, 0.2) is 0 Å². The molecule has 2 heterocycles. The van der Waals surface area contributed by atoms with Crippen molar-refractivity contribution < 1.29 is 23.5 Å². The van der Waals surface area contributed by atoms with E-state index in [0.717, 1.165) is 28.3 Å². The van der Waals surface area contributed by atoms with Crippen LogP contribution in [0.2, 0.25) is 0 Å². The van der Waals surface area contributed by atoms with Gasteiger partial charge in [-0.2, -0.15) is 0 Å². The summed E-state index contributed by atoms with van der Waals surface area (Å²) in [6, 6.07) is 5.49. The normalized spacial score (nSPS) is 16.0. The molecule has 1 saturated heterocycles. The molecule has 2 aromatic rings. The molecule has 0 bridgehead atoms. The predicted octanol–water partition coefficient (Wildman–Crippen LogP) is 3.25. The second-order valence-electron chi connectivity index (χ2n) is 5.17. The highest BCUT2D eigenvalue weighted by molar-refractivity contribution is 8.18. The number of hydrogen-bond acceptors (Lipinski definition) is 6. The zero-order chi connectivity index (χ0) is 17.1. The molecule has 1 aromatic heterocycles. The summed E-state index contributed by atoms with van der Waals surface area (Å²) in [4.78, 5) is 34.7. The number of esters is 1. The van der Waals surface area contributed by atoms with Crippen LogP contribution in [0.4, 0.5) is 4.79 Å². The van der Waals surface area contributed by atoms with Crippen molar-refractivity contribution in [2.75, 3.05) is 6.61 Å². The van der Waals surface area contributed by atoms with Crippen molar-refractivity contribution >= 4 is 45.9 Å². The number of aryl methyl sites for hydroxylation is 1. The molecule has 2 amide bonds. The van der Waals surface area contributed by atoms with E-state index in [0.29, 0.717) is 23.5 Å². The van der Waals surface area contributed by atoms with Crippen molar-refractivity contribution in [2.24, 2.45) is 0 Å². The maximum absolute atomic E-state index is 11.6. The molecule has 1 aliphatic heterocycles. The lowest BCUT2D eigenvalue weighted by atomic mass is 10.1. The van der Waals surface area contributed by atoms with Crippen LogP contribution in [0.25, 0.3) is 17.0 Å². The molecule has 0 radical (unpaired) electrons. The number of amides is 2. The highest BCUT2D eigenvalue weighted by atomic mass is 32.2. The maximum Gasteiger partial charge on any atom is 0.306 e. The molecule has 3 rings (SSSR count). The SMILES string of the molecule is CCOC(=O)CCc1coc2ccc(C=C3SC(=O)NC3=O)cc12. The monoisotopic (exact) mass is 345 g/mol. The highest BCUT2D eigenvalue weighted by Gasteiger charge is 2.25. The molecule has 0 saturated carbocycles. The number of benzene rings is 1. The molecule has 1 fully saturated rings. The molecule has 1 aliphatic rings. The number of ether oxygens (including phenoxy) is 1. The maximum atomic E-state index is 11.6. The van der Waals surface area contributed by atoms with E-state index in [1.165, 1.54) is 0 Å². The van der Waals surface area contributed by atoms with Gasteiger partial charge in [-0.05, 0) is 54.4 Å². The summed E-state index contributed by atoms with van der Waals surface area (Å²) < 4.78 is 10.4. The van der Waals surface area contributed by atoms with Crippen molar-refractivity contribution in [3.05, 3.63) is 40.5 Å². The molecule has 1 N–H and O–H groups in total. The van der Waals surface area contributed by atoms with Gasteiger partial charge >= 0.3 is 5.97 Å². The number of carbonyl (C=O) groups excluding carboxylic acids is 3. The van der Waals surface area contributed by atoms with Gasteiger partial charge in [-0.3, -0.25) is 19.7 Å². The van der Waals surface area contributed by atoms with E-state index in [4.69, 9.17) is 9.15 Å². The summed E-state index contributed by atoms with van der Waals surface area (Å²) in [5.74, 6) is -0.637. The fraction of sp³-hybridized carbons (Fsp3) is 0.235. The lowest BCUT2D eigenvalue weighted by Crippen LogP contribution is -2.17. The van der Waals surface area contributed by atoms with Crippen LogP contribution >= 0.6 is 11.8 Å². The molecule has 0 atom stereocenters. The van der Waals surface area contributed by atoms with E-state index in [9.17, 15) is 14.4 Å². The van der Waals surface area contributed by atoms with Gasteiger partial charge in [0, 0.05) is 11.8 Å². The molecule has 1 aromatic carbocycles. The molecule has 24 heavy (non-hydrogen) atoms. The van der Waals surface area contributed by atoms with Crippen molar-refractivity contribution in [3.63, 3.8) is 0 Å². The minimum Gasteiger partial charge on any atom is -0.466 e. The fourth-order valence-corrected chi connectivity index (χ4v) is 3.11.